The van der Waals surface area contributed by atoms with Gasteiger partial charge in [0.1, 0.15) is 16.5 Å². The highest BCUT2D eigenvalue weighted by molar-refractivity contribution is 6.53. The van der Waals surface area contributed by atoms with Crippen molar-refractivity contribution in [2.75, 3.05) is 10.2 Å². The number of anilines is 2. The Morgan fingerprint density at radius 3 is 2.28 bits per heavy atom. The lowest BCUT2D eigenvalue weighted by atomic mass is 10.1. The number of imide groups is 1. The molecule has 4 aromatic rings. The van der Waals surface area contributed by atoms with Gasteiger partial charge in [-0.05, 0) is 71.8 Å². The molecular weight excluding hydrogens is 499 g/mol. The van der Waals surface area contributed by atoms with Gasteiger partial charge in [-0.25, -0.2) is 9.69 Å². The molecule has 0 unspecified atom stereocenters. The molecule has 0 saturated heterocycles. The molecule has 0 atom stereocenters. The van der Waals surface area contributed by atoms with Crippen LogP contribution in [0.4, 0.5) is 11.4 Å². The molecule has 0 aromatic heterocycles. The number of carbonyl (C=O) groups excluding carboxylic acids is 3. The van der Waals surface area contributed by atoms with Gasteiger partial charge in [0.2, 0.25) is 0 Å². The van der Waals surface area contributed by atoms with Crippen molar-refractivity contribution in [3.05, 3.63) is 112 Å². The summed E-state index contributed by atoms with van der Waals surface area (Å²) in [5, 5.41) is 5.08. The molecule has 1 aliphatic heterocycles. The number of nitrogens with one attached hydrogen (secondary N) is 1. The Kier molecular flexibility index (Phi) is 6.22. The smallest absolute Gasteiger partial charge is 0.343 e. The van der Waals surface area contributed by atoms with E-state index in [1.54, 1.807) is 48.5 Å². The van der Waals surface area contributed by atoms with Gasteiger partial charge in [0.25, 0.3) is 11.8 Å². The topological polar surface area (TPSA) is 75.7 Å². The summed E-state index contributed by atoms with van der Waals surface area (Å²) in [5.41, 5.74) is 1.86. The maximum atomic E-state index is 13.0. The highest BCUT2D eigenvalue weighted by atomic mass is 35.5. The predicted octanol–water partition coefficient (Wildman–Crippen LogP) is 6.46. The van der Waals surface area contributed by atoms with Gasteiger partial charge in [0, 0.05) is 10.7 Å². The van der Waals surface area contributed by atoms with E-state index in [2.05, 4.69) is 5.32 Å². The van der Waals surface area contributed by atoms with E-state index in [1.807, 2.05) is 37.3 Å². The van der Waals surface area contributed by atoms with Crippen LogP contribution in [-0.2, 0) is 9.59 Å². The number of esters is 1. The number of hydrogen-bond donors (Lipinski definition) is 1. The van der Waals surface area contributed by atoms with Crippen molar-refractivity contribution in [2.45, 2.75) is 6.92 Å². The van der Waals surface area contributed by atoms with Crippen molar-refractivity contribution in [3.63, 3.8) is 0 Å². The van der Waals surface area contributed by atoms with Crippen molar-refractivity contribution in [1.82, 2.24) is 0 Å². The van der Waals surface area contributed by atoms with Crippen LogP contribution in [0.25, 0.3) is 10.8 Å². The molecule has 0 bridgehead atoms. The standard InChI is InChI=1S/C28H18Cl2N2O4/c1-16-6-12-21(15-23(16)29)32-26(33)24(30)25(27(32)34)31-20-10-7-18(8-11-20)28(35)36-22-13-9-17-4-2-3-5-19(17)14-22/h2-15,31H,1H3. The average Bonchev–Trinajstić information content (AvgIpc) is 3.09. The third-order valence-electron chi connectivity index (χ3n) is 5.76. The second-order valence-electron chi connectivity index (χ2n) is 8.17. The van der Waals surface area contributed by atoms with Gasteiger partial charge in [-0.15, -0.1) is 0 Å². The second-order valence-corrected chi connectivity index (χ2v) is 8.95. The Labute approximate surface area is 216 Å². The molecule has 178 valence electrons. The van der Waals surface area contributed by atoms with Crippen LogP contribution in [0.5, 0.6) is 5.75 Å². The van der Waals surface area contributed by atoms with Gasteiger partial charge in [0.05, 0.1) is 11.3 Å². The van der Waals surface area contributed by atoms with E-state index in [1.165, 1.54) is 6.07 Å². The summed E-state index contributed by atoms with van der Waals surface area (Å²) in [4.78, 5) is 39.2. The van der Waals surface area contributed by atoms with E-state index >= 15 is 0 Å². The van der Waals surface area contributed by atoms with E-state index in [9.17, 15) is 14.4 Å². The molecule has 5 rings (SSSR count). The first-order chi connectivity index (χ1) is 17.3. The lowest BCUT2D eigenvalue weighted by Crippen LogP contribution is -2.32. The largest absolute Gasteiger partial charge is 0.423 e. The van der Waals surface area contributed by atoms with Gasteiger partial charge >= 0.3 is 5.97 Å². The molecule has 0 radical (unpaired) electrons. The molecule has 0 spiro atoms. The minimum absolute atomic E-state index is 0.0649. The van der Waals surface area contributed by atoms with Gasteiger partial charge in [-0.2, -0.15) is 0 Å². The van der Waals surface area contributed by atoms with E-state index in [4.69, 9.17) is 27.9 Å². The van der Waals surface area contributed by atoms with Crippen molar-refractivity contribution in [2.24, 2.45) is 0 Å². The number of nitrogens with zero attached hydrogens (tertiary/aromatic N) is 1. The van der Waals surface area contributed by atoms with Crippen molar-refractivity contribution < 1.29 is 19.1 Å². The first-order valence-corrected chi connectivity index (χ1v) is 11.7. The molecule has 1 N–H and O–H groups in total. The van der Waals surface area contributed by atoms with Crippen LogP contribution in [0.2, 0.25) is 5.02 Å². The minimum Gasteiger partial charge on any atom is -0.423 e. The number of fused-ring (bicyclic) bond motifs is 1. The highest BCUT2D eigenvalue weighted by Gasteiger charge is 2.39. The summed E-state index contributed by atoms with van der Waals surface area (Å²) in [7, 11) is 0. The monoisotopic (exact) mass is 516 g/mol. The maximum Gasteiger partial charge on any atom is 0.343 e. The number of amides is 2. The maximum absolute atomic E-state index is 13.0. The Hall–Kier alpha value is -4.13. The van der Waals surface area contributed by atoms with Crippen LogP contribution >= 0.6 is 23.2 Å². The fourth-order valence-electron chi connectivity index (χ4n) is 3.80. The summed E-state index contributed by atoms with van der Waals surface area (Å²) in [6, 6.07) is 24.4. The molecule has 6 nitrogen and oxygen atoms in total. The molecule has 2 amide bonds. The lowest BCUT2D eigenvalue weighted by molar-refractivity contribution is -0.120. The third kappa shape index (κ3) is 4.44. The molecule has 1 aliphatic rings. The zero-order chi connectivity index (χ0) is 25.4. The zero-order valence-corrected chi connectivity index (χ0v) is 20.4. The Balaban J connectivity index is 1.30. The van der Waals surface area contributed by atoms with Crippen LogP contribution in [0.3, 0.4) is 0 Å². The molecule has 8 heteroatoms. The fraction of sp³-hybridized carbons (Fsp3) is 0.0357. The zero-order valence-electron chi connectivity index (χ0n) is 18.9. The molecule has 0 aliphatic carbocycles. The van der Waals surface area contributed by atoms with Crippen LogP contribution in [0, 0.1) is 6.92 Å². The fourth-order valence-corrected chi connectivity index (χ4v) is 4.18. The number of rotatable bonds is 5. The molecule has 4 aromatic carbocycles. The van der Waals surface area contributed by atoms with Crippen molar-refractivity contribution in [3.8, 4) is 5.75 Å². The Morgan fingerprint density at radius 2 is 1.56 bits per heavy atom. The summed E-state index contributed by atoms with van der Waals surface area (Å²) < 4.78 is 5.51. The molecule has 0 fully saturated rings. The first kappa shape index (κ1) is 23.6. The minimum atomic E-state index is -0.653. The summed E-state index contributed by atoms with van der Waals surface area (Å²) in [6.07, 6.45) is 0. The highest BCUT2D eigenvalue weighted by Crippen LogP contribution is 2.32. The quantitative estimate of drug-likeness (QED) is 0.187. The predicted molar refractivity (Wildman–Crippen MR) is 141 cm³/mol. The molecule has 36 heavy (non-hydrogen) atoms. The second kappa shape index (κ2) is 9.49. The van der Waals surface area contributed by atoms with E-state index in [-0.39, 0.29) is 10.7 Å². The number of benzene rings is 4. The van der Waals surface area contributed by atoms with Crippen molar-refractivity contribution in [1.29, 1.82) is 0 Å². The van der Waals surface area contributed by atoms with Crippen LogP contribution in [0.15, 0.2) is 95.7 Å². The van der Waals surface area contributed by atoms with E-state index in [0.29, 0.717) is 27.7 Å². The number of hydrogen-bond acceptors (Lipinski definition) is 5. The van der Waals surface area contributed by atoms with Gasteiger partial charge in [0.15, 0.2) is 0 Å². The first-order valence-electron chi connectivity index (χ1n) is 10.9. The molecular formula is C28H18Cl2N2O4. The Morgan fingerprint density at radius 1 is 0.833 bits per heavy atom. The van der Waals surface area contributed by atoms with Gasteiger partial charge < -0.3 is 10.1 Å². The number of aryl methyl sites for hydroxylation is 1. The summed E-state index contributed by atoms with van der Waals surface area (Å²) in [6.45, 7) is 1.82. The third-order valence-corrected chi connectivity index (χ3v) is 6.52. The summed E-state index contributed by atoms with van der Waals surface area (Å²) >= 11 is 12.4. The van der Waals surface area contributed by atoms with Crippen LogP contribution in [-0.4, -0.2) is 17.8 Å². The normalized spacial score (nSPS) is 13.5. The number of carbonyl (C=O) groups is 3. The number of ether oxygens (including phenoxy) is 1. The summed E-state index contributed by atoms with van der Waals surface area (Å²) in [5.74, 6) is -1.35. The van der Waals surface area contributed by atoms with Gasteiger partial charge in [-0.1, -0.05) is 59.6 Å². The van der Waals surface area contributed by atoms with Crippen LogP contribution < -0.4 is 15.0 Å². The average molecular weight is 517 g/mol. The lowest BCUT2D eigenvalue weighted by Gasteiger charge is -2.16. The van der Waals surface area contributed by atoms with Gasteiger partial charge in [-0.3, -0.25) is 9.59 Å². The number of halogens is 2. The SMILES string of the molecule is Cc1ccc(N2C(=O)C(Cl)=C(Nc3ccc(C(=O)Oc4ccc5ccccc5c4)cc3)C2=O)cc1Cl. The molecule has 1 heterocycles. The van der Waals surface area contributed by atoms with E-state index in [0.717, 1.165) is 21.2 Å². The molecule has 0 saturated carbocycles. The van der Waals surface area contributed by atoms with Crippen LogP contribution in [0.1, 0.15) is 15.9 Å². The van der Waals surface area contributed by atoms with Crippen molar-refractivity contribution >= 4 is 63.1 Å². The van der Waals surface area contributed by atoms with E-state index < -0.39 is 17.8 Å². The Bertz CT molecular complexity index is 1580.